The Morgan fingerprint density at radius 1 is 1.10 bits per heavy atom. The number of carbonyl (C=O) groups is 1. The van der Waals surface area contributed by atoms with Gasteiger partial charge in [-0.3, -0.25) is 4.79 Å². The molecule has 2 aromatic carbocycles. The molecule has 0 aliphatic carbocycles. The fourth-order valence-electron chi connectivity index (χ4n) is 2.88. The summed E-state index contributed by atoms with van der Waals surface area (Å²) in [5.41, 5.74) is 1.08. The molecule has 6 heteroatoms. The largest absolute Gasteiger partial charge is 0.476 e. The van der Waals surface area contributed by atoms with Gasteiger partial charge in [-0.2, -0.15) is 15.0 Å². The van der Waals surface area contributed by atoms with Gasteiger partial charge in [0.25, 0.3) is 5.56 Å². The zero-order valence-electron chi connectivity index (χ0n) is 16.0. The highest BCUT2D eigenvalue weighted by atomic mass is 16.4. The van der Waals surface area contributed by atoms with Crippen molar-refractivity contribution in [2.75, 3.05) is 0 Å². The summed E-state index contributed by atoms with van der Waals surface area (Å²) < 4.78 is 0.941. The van der Waals surface area contributed by atoms with E-state index in [1.807, 2.05) is 30.3 Å². The lowest BCUT2D eigenvalue weighted by atomic mass is 10.0. The molecule has 1 aromatic heterocycles. The molecule has 144 valence electrons. The SMILES string of the molecule is CC(C)c1ccc(/C=C\c2c(C(=O)O)nn(-c3ccccc3)c(=O)c2C#N)cc1. The van der Waals surface area contributed by atoms with Gasteiger partial charge in [0.15, 0.2) is 5.69 Å². The molecular formula is C23H19N3O3. The third kappa shape index (κ3) is 4.14. The number of carboxylic acid groups (broad SMARTS) is 1. The predicted octanol–water partition coefficient (Wildman–Crippen LogP) is 4.10. The quantitative estimate of drug-likeness (QED) is 0.713. The van der Waals surface area contributed by atoms with E-state index in [4.69, 9.17) is 0 Å². The molecular weight excluding hydrogens is 366 g/mol. The number of nitriles is 1. The van der Waals surface area contributed by atoms with Gasteiger partial charge in [0, 0.05) is 5.56 Å². The maximum Gasteiger partial charge on any atom is 0.357 e. The monoisotopic (exact) mass is 385 g/mol. The molecule has 0 spiro atoms. The Balaban J connectivity index is 2.13. The van der Waals surface area contributed by atoms with Crippen LogP contribution in [0.5, 0.6) is 0 Å². The van der Waals surface area contributed by atoms with Crippen LogP contribution < -0.4 is 5.56 Å². The zero-order valence-corrected chi connectivity index (χ0v) is 16.0. The number of aromatic carboxylic acids is 1. The van der Waals surface area contributed by atoms with Gasteiger partial charge in [0.05, 0.1) is 5.69 Å². The van der Waals surface area contributed by atoms with Gasteiger partial charge in [0.2, 0.25) is 0 Å². The van der Waals surface area contributed by atoms with Gasteiger partial charge in [-0.1, -0.05) is 68.5 Å². The van der Waals surface area contributed by atoms with Crippen molar-refractivity contribution in [3.8, 4) is 11.8 Å². The highest BCUT2D eigenvalue weighted by Gasteiger charge is 2.21. The number of para-hydroxylation sites is 1. The van der Waals surface area contributed by atoms with Crippen LogP contribution in [0.25, 0.3) is 17.8 Å². The fraction of sp³-hybridized carbons (Fsp3) is 0.130. The van der Waals surface area contributed by atoms with Gasteiger partial charge in [-0.15, -0.1) is 0 Å². The van der Waals surface area contributed by atoms with Crippen molar-refractivity contribution in [1.29, 1.82) is 5.26 Å². The number of hydrogen-bond acceptors (Lipinski definition) is 4. The summed E-state index contributed by atoms with van der Waals surface area (Å²) in [5, 5.41) is 23.2. The summed E-state index contributed by atoms with van der Waals surface area (Å²) in [5.74, 6) is -0.924. The van der Waals surface area contributed by atoms with Gasteiger partial charge < -0.3 is 5.11 Å². The molecule has 29 heavy (non-hydrogen) atoms. The van der Waals surface area contributed by atoms with E-state index < -0.39 is 11.5 Å². The standard InChI is InChI=1S/C23H19N3O3/c1-15(2)17-11-8-16(9-12-17)10-13-19-20(14-24)22(27)26(25-21(19)23(28)29)18-6-4-3-5-7-18/h3-13,15H,1-2H3,(H,28,29)/b13-10-. The molecule has 0 radical (unpaired) electrons. The van der Waals surface area contributed by atoms with Crippen molar-refractivity contribution in [3.63, 3.8) is 0 Å². The van der Waals surface area contributed by atoms with E-state index in [0.29, 0.717) is 11.6 Å². The van der Waals surface area contributed by atoms with Crippen LogP contribution in [-0.4, -0.2) is 20.9 Å². The third-order valence-corrected chi connectivity index (χ3v) is 4.49. The molecule has 0 fully saturated rings. The molecule has 6 nitrogen and oxygen atoms in total. The molecule has 1 heterocycles. The second-order valence-electron chi connectivity index (χ2n) is 6.76. The van der Waals surface area contributed by atoms with Crippen molar-refractivity contribution < 1.29 is 9.90 Å². The Labute approximate surface area is 168 Å². The normalized spacial score (nSPS) is 11.0. The maximum atomic E-state index is 12.8. The molecule has 0 saturated carbocycles. The highest BCUT2D eigenvalue weighted by molar-refractivity contribution is 5.92. The second kappa shape index (κ2) is 8.36. The molecule has 0 unspecified atom stereocenters. The van der Waals surface area contributed by atoms with Crippen LogP contribution in [0.2, 0.25) is 0 Å². The second-order valence-corrected chi connectivity index (χ2v) is 6.76. The number of aromatic nitrogens is 2. The van der Waals surface area contributed by atoms with E-state index in [1.165, 1.54) is 11.6 Å². The van der Waals surface area contributed by atoms with Crippen molar-refractivity contribution in [2.45, 2.75) is 19.8 Å². The van der Waals surface area contributed by atoms with Crippen molar-refractivity contribution >= 4 is 18.1 Å². The zero-order chi connectivity index (χ0) is 21.0. The van der Waals surface area contributed by atoms with E-state index in [-0.39, 0.29) is 16.8 Å². The number of rotatable bonds is 5. The Kier molecular flexibility index (Phi) is 5.70. The van der Waals surface area contributed by atoms with Crippen LogP contribution in [-0.2, 0) is 0 Å². The summed E-state index contributed by atoms with van der Waals surface area (Å²) >= 11 is 0. The molecule has 0 bridgehead atoms. The summed E-state index contributed by atoms with van der Waals surface area (Å²) in [6.07, 6.45) is 3.12. The minimum atomic E-state index is -1.32. The Bertz CT molecular complexity index is 1170. The van der Waals surface area contributed by atoms with E-state index in [0.717, 1.165) is 10.2 Å². The molecule has 0 atom stereocenters. The van der Waals surface area contributed by atoms with Crippen LogP contribution in [0.1, 0.15) is 52.5 Å². The molecule has 1 N–H and O–H groups in total. The lowest BCUT2D eigenvalue weighted by Gasteiger charge is -2.09. The summed E-state index contributed by atoms with van der Waals surface area (Å²) in [6.45, 7) is 4.19. The number of hydrogen-bond donors (Lipinski definition) is 1. The first-order chi connectivity index (χ1) is 13.9. The minimum Gasteiger partial charge on any atom is -0.476 e. The molecule has 0 saturated heterocycles. The average molecular weight is 385 g/mol. The number of nitrogens with zero attached hydrogens (tertiary/aromatic N) is 3. The van der Waals surface area contributed by atoms with Gasteiger partial charge in [-0.25, -0.2) is 4.79 Å². The average Bonchev–Trinajstić information content (AvgIpc) is 2.72. The van der Waals surface area contributed by atoms with Crippen molar-refractivity contribution in [2.24, 2.45) is 0 Å². The van der Waals surface area contributed by atoms with Crippen molar-refractivity contribution in [1.82, 2.24) is 9.78 Å². The van der Waals surface area contributed by atoms with Gasteiger partial charge in [-0.05, 0) is 29.2 Å². The van der Waals surface area contributed by atoms with Gasteiger partial charge >= 0.3 is 5.97 Å². The van der Waals surface area contributed by atoms with Crippen LogP contribution in [0.4, 0.5) is 0 Å². The van der Waals surface area contributed by atoms with E-state index in [1.54, 1.807) is 36.4 Å². The summed E-state index contributed by atoms with van der Waals surface area (Å²) in [6, 6.07) is 18.0. The molecule has 3 rings (SSSR count). The topological polar surface area (TPSA) is 96.0 Å². The Morgan fingerprint density at radius 2 is 1.76 bits per heavy atom. The van der Waals surface area contributed by atoms with E-state index >= 15 is 0 Å². The van der Waals surface area contributed by atoms with E-state index in [9.17, 15) is 20.0 Å². The van der Waals surface area contributed by atoms with Crippen LogP contribution >= 0.6 is 0 Å². The predicted molar refractivity (Wildman–Crippen MR) is 111 cm³/mol. The van der Waals surface area contributed by atoms with E-state index in [2.05, 4.69) is 18.9 Å². The van der Waals surface area contributed by atoms with Crippen LogP contribution in [0.3, 0.4) is 0 Å². The molecule has 0 aliphatic rings. The third-order valence-electron chi connectivity index (χ3n) is 4.49. The minimum absolute atomic E-state index is 0.00915. The fourth-order valence-corrected chi connectivity index (χ4v) is 2.88. The molecule has 0 aliphatic heterocycles. The maximum absolute atomic E-state index is 12.8. The lowest BCUT2D eigenvalue weighted by molar-refractivity contribution is 0.0688. The Morgan fingerprint density at radius 3 is 2.31 bits per heavy atom. The lowest BCUT2D eigenvalue weighted by Crippen LogP contribution is -2.28. The number of benzene rings is 2. The number of carboxylic acids is 1. The van der Waals surface area contributed by atoms with Crippen molar-refractivity contribution in [3.05, 3.63) is 92.9 Å². The van der Waals surface area contributed by atoms with Crippen LogP contribution in [0.15, 0.2) is 59.4 Å². The van der Waals surface area contributed by atoms with Crippen LogP contribution in [0, 0.1) is 11.3 Å². The van der Waals surface area contributed by atoms with Gasteiger partial charge in [0.1, 0.15) is 11.6 Å². The first kappa shape index (κ1) is 19.8. The summed E-state index contributed by atoms with van der Waals surface area (Å²) in [4.78, 5) is 24.6. The smallest absolute Gasteiger partial charge is 0.357 e. The molecule has 3 aromatic rings. The molecule has 0 amide bonds. The first-order valence-corrected chi connectivity index (χ1v) is 9.06. The highest BCUT2D eigenvalue weighted by Crippen LogP contribution is 2.18. The Hall–Kier alpha value is -3.98. The summed E-state index contributed by atoms with van der Waals surface area (Å²) in [7, 11) is 0. The first-order valence-electron chi connectivity index (χ1n) is 9.06.